The maximum Gasteiger partial charge on any atom is 0.0945 e. The van der Waals surface area contributed by atoms with Gasteiger partial charge >= 0.3 is 0 Å². The van der Waals surface area contributed by atoms with E-state index in [0.29, 0.717) is 6.54 Å². The van der Waals surface area contributed by atoms with Crippen molar-refractivity contribution in [1.82, 2.24) is 14.9 Å². The largest absolute Gasteiger partial charge is 0.395 e. The fraction of sp³-hybridized carbons (Fsp3) is 0.625. The van der Waals surface area contributed by atoms with Crippen LogP contribution in [0.4, 0.5) is 0 Å². The van der Waals surface area contributed by atoms with Crippen LogP contribution in [0.5, 0.6) is 0 Å². The number of nitrogens with zero attached hydrogens (tertiary/aromatic N) is 2. The topological polar surface area (TPSA) is 70.3 Å². The Kier molecular flexibility index (Phi) is 3.88. The molecular formula is C8H15N3O2. The van der Waals surface area contributed by atoms with Gasteiger partial charge in [0.1, 0.15) is 0 Å². The second-order valence-electron chi connectivity index (χ2n) is 2.94. The van der Waals surface area contributed by atoms with E-state index in [1.165, 1.54) is 0 Å². The predicted molar refractivity (Wildman–Crippen MR) is 48.0 cm³/mol. The third-order valence-corrected chi connectivity index (χ3v) is 1.93. The second kappa shape index (κ2) is 4.96. The van der Waals surface area contributed by atoms with Crippen LogP contribution in [0.25, 0.3) is 0 Å². The summed E-state index contributed by atoms with van der Waals surface area (Å²) in [5.74, 6) is 0. The van der Waals surface area contributed by atoms with E-state index in [4.69, 9.17) is 10.2 Å². The minimum absolute atomic E-state index is 0.0612. The van der Waals surface area contributed by atoms with Crippen LogP contribution in [0.3, 0.4) is 0 Å². The van der Waals surface area contributed by atoms with Gasteiger partial charge in [0, 0.05) is 19.8 Å². The van der Waals surface area contributed by atoms with Gasteiger partial charge in [0.25, 0.3) is 0 Å². The highest BCUT2D eigenvalue weighted by atomic mass is 16.3. The van der Waals surface area contributed by atoms with Gasteiger partial charge in [0.05, 0.1) is 31.3 Å². The van der Waals surface area contributed by atoms with E-state index in [-0.39, 0.29) is 19.3 Å². The molecule has 0 saturated carbocycles. The van der Waals surface area contributed by atoms with E-state index in [1.54, 1.807) is 12.5 Å². The fourth-order valence-corrected chi connectivity index (χ4v) is 0.991. The molecule has 0 saturated heterocycles. The Morgan fingerprint density at radius 1 is 1.54 bits per heavy atom. The molecule has 0 amide bonds. The smallest absolute Gasteiger partial charge is 0.0945 e. The van der Waals surface area contributed by atoms with Crippen molar-refractivity contribution in [3.8, 4) is 0 Å². The van der Waals surface area contributed by atoms with Crippen molar-refractivity contribution < 1.29 is 10.2 Å². The summed E-state index contributed by atoms with van der Waals surface area (Å²) in [6.07, 6.45) is 3.46. The van der Waals surface area contributed by atoms with Crippen LogP contribution in [0, 0.1) is 0 Å². The molecule has 1 rings (SSSR count). The molecule has 0 spiro atoms. The highest BCUT2D eigenvalue weighted by Gasteiger charge is 2.05. The average Bonchev–Trinajstić information content (AvgIpc) is 2.54. The molecule has 0 aliphatic rings. The van der Waals surface area contributed by atoms with E-state index in [9.17, 15) is 0 Å². The van der Waals surface area contributed by atoms with Crippen LogP contribution in [-0.2, 0) is 13.6 Å². The zero-order chi connectivity index (χ0) is 9.68. The number of hydrogen-bond donors (Lipinski definition) is 3. The van der Waals surface area contributed by atoms with Crippen molar-refractivity contribution in [3.63, 3.8) is 0 Å². The van der Waals surface area contributed by atoms with E-state index in [0.717, 1.165) is 5.69 Å². The number of hydrogen-bond acceptors (Lipinski definition) is 4. The van der Waals surface area contributed by atoms with Crippen molar-refractivity contribution in [2.24, 2.45) is 7.05 Å². The maximum absolute atomic E-state index is 8.78. The van der Waals surface area contributed by atoms with Crippen LogP contribution in [-0.4, -0.2) is 39.0 Å². The van der Waals surface area contributed by atoms with Gasteiger partial charge in [-0.25, -0.2) is 4.98 Å². The highest BCUT2D eigenvalue weighted by Crippen LogP contribution is 1.95. The second-order valence-corrected chi connectivity index (χ2v) is 2.94. The van der Waals surface area contributed by atoms with Gasteiger partial charge in [-0.3, -0.25) is 0 Å². The molecule has 0 bridgehead atoms. The number of nitrogens with one attached hydrogen (secondary N) is 1. The molecular weight excluding hydrogens is 170 g/mol. The lowest BCUT2D eigenvalue weighted by atomic mass is 10.3. The first-order chi connectivity index (χ1) is 6.27. The first-order valence-corrected chi connectivity index (χ1v) is 4.18. The fourth-order valence-electron chi connectivity index (χ4n) is 0.991. The van der Waals surface area contributed by atoms with Crippen molar-refractivity contribution in [2.75, 3.05) is 13.2 Å². The number of aliphatic hydroxyl groups excluding tert-OH is 2. The van der Waals surface area contributed by atoms with E-state index < -0.39 is 0 Å². The SMILES string of the molecule is Cn1cncc1CNC(CO)CO. The standard InChI is InChI=1S/C8H15N3O2/c1-11-6-9-2-8(11)3-10-7(4-12)5-13/h2,6-7,10,12-13H,3-5H2,1H3. The van der Waals surface area contributed by atoms with Crippen LogP contribution in [0.2, 0.25) is 0 Å². The zero-order valence-corrected chi connectivity index (χ0v) is 7.64. The summed E-state index contributed by atoms with van der Waals surface area (Å²) >= 11 is 0. The average molecular weight is 185 g/mol. The van der Waals surface area contributed by atoms with E-state index in [1.807, 2.05) is 11.6 Å². The van der Waals surface area contributed by atoms with Gasteiger partial charge in [-0.05, 0) is 0 Å². The molecule has 74 valence electrons. The molecule has 1 heterocycles. The first-order valence-electron chi connectivity index (χ1n) is 4.18. The minimum Gasteiger partial charge on any atom is -0.395 e. The summed E-state index contributed by atoms with van der Waals surface area (Å²) in [4.78, 5) is 3.95. The molecule has 0 unspecified atom stereocenters. The van der Waals surface area contributed by atoms with Gasteiger partial charge < -0.3 is 20.1 Å². The van der Waals surface area contributed by atoms with Crippen molar-refractivity contribution in [1.29, 1.82) is 0 Å². The Morgan fingerprint density at radius 2 is 2.23 bits per heavy atom. The molecule has 0 aromatic carbocycles. The van der Waals surface area contributed by atoms with Crippen molar-refractivity contribution in [3.05, 3.63) is 18.2 Å². The lowest BCUT2D eigenvalue weighted by molar-refractivity contribution is 0.170. The number of aryl methyl sites for hydroxylation is 1. The van der Waals surface area contributed by atoms with Crippen LogP contribution in [0.15, 0.2) is 12.5 Å². The lowest BCUT2D eigenvalue weighted by Crippen LogP contribution is -2.35. The zero-order valence-electron chi connectivity index (χ0n) is 7.64. The Bertz CT molecular complexity index is 245. The Hall–Kier alpha value is -0.910. The Morgan fingerprint density at radius 3 is 2.69 bits per heavy atom. The Labute approximate surface area is 77.0 Å². The molecule has 3 N–H and O–H groups in total. The number of rotatable bonds is 5. The molecule has 1 aromatic heterocycles. The first kappa shape index (κ1) is 10.2. The van der Waals surface area contributed by atoms with Crippen LogP contribution >= 0.6 is 0 Å². The molecule has 5 nitrogen and oxygen atoms in total. The number of imidazole rings is 1. The summed E-state index contributed by atoms with van der Waals surface area (Å²) in [7, 11) is 1.90. The summed E-state index contributed by atoms with van der Waals surface area (Å²) < 4.78 is 1.89. The number of aromatic nitrogens is 2. The van der Waals surface area contributed by atoms with Gasteiger partial charge in [-0.15, -0.1) is 0 Å². The third kappa shape index (κ3) is 2.80. The van der Waals surface area contributed by atoms with Gasteiger partial charge in [-0.2, -0.15) is 0 Å². The Balaban J connectivity index is 2.38. The van der Waals surface area contributed by atoms with Crippen molar-refractivity contribution >= 4 is 0 Å². The molecule has 0 radical (unpaired) electrons. The normalized spacial score (nSPS) is 11.1. The lowest BCUT2D eigenvalue weighted by Gasteiger charge is -2.12. The third-order valence-electron chi connectivity index (χ3n) is 1.93. The molecule has 1 aromatic rings. The van der Waals surface area contributed by atoms with Crippen molar-refractivity contribution in [2.45, 2.75) is 12.6 Å². The quantitative estimate of drug-likeness (QED) is 0.542. The van der Waals surface area contributed by atoms with E-state index in [2.05, 4.69) is 10.3 Å². The van der Waals surface area contributed by atoms with Gasteiger partial charge in [-0.1, -0.05) is 0 Å². The van der Waals surface area contributed by atoms with Crippen LogP contribution in [0.1, 0.15) is 5.69 Å². The maximum atomic E-state index is 8.78. The highest BCUT2D eigenvalue weighted by molar-refractivity contribution is 4.97. The molecule has 0 aliphatic heterocycles. The molecule has 5 heteroatoms. The molecule has 13 heavy (non-hydrogen) atoms. The predicted octanol–water partition coefficient (Wildman–Crippen LogP) is -1.14. The molecule has 0 atom stereocenters. The monoisotopic (exact) mass is 185 g/mol. The summed E-state index contributed by atoms with van der Waals surface area (Å²) in [6, 6.07) is -0.255. The van der Waals surface area contributed by atoms with Gasteiger partial charge in [0.2, 0.25) is 0 Å². The number of aliphatic hydroxyl groups is 2. The minimum atomic E-state index is -0.255. The molecule has 0 fully saturated rings. The summed E-state index contributed by atoms with van der Waals surface area (Å²) in [6.45, 7) is 0.477. The van der Waals surface area contributed by atoms with Crippen LogP contribution < -0.4 is 5.32 Å². The molecule has 0 aliphatic carbocycles. The summed E-state index contributed by atoms with van der Waals surface area (Å²) in [5, 5.41) is 20.6. The van der Waals surface area contributed by atoms with Gasteiger partial charge in [0.15, 0.2) is 0 Å². The van der Waals surface area contributed by atoms with E-state index >= 15 is 0 Å². The summed E-state index contributed by atoms with van der Waals surface area (Å²) in [5.41, 5.74) is 1.02.